The molecule has 0 aliphatic heterocycles. The molecular weight excluding hydrogens is 483 g/mol. The van der Waals surface area contributed by atoms with E-state index in [1.165, 1.54) is 36.2 Å². The zero-order valence-corrected chi connectivity index (χ0v) is 20.9. The minimum Gasteiger partial charge on any atom is -0.543 e. The monoisotopic (exact) mass is 510 g/mol. The first-order valence-electron chi connectivity index (χ1n) is 10.1. The van der Waals surface area contributed by atoms with Crippen molar-refractivity contribution in [2.45, 2.75) is 38.9 Å². The fourth-order valence-electron chi connectivity index (χ4n) is 3.52. The topological polar surface area (TPSA) is 9.23 Å². The Morgan fingerprint density at radius 1 is 0.690 bits per heavy atom. The molecule has 0 aromatic heterocycles. The van der Waals surface area contributed by atoms with Gasteiger partial charge in [0.25, 0.3) is 8.32 Å². The average Bonchev–Trinajstić information content (AvgIpc) is 2.67. The van der Waals surface area contributed by atoms with E-state index in [2.05, 4.69) is 129 Å². The van der Waals surface area contributed by atoms with Crippen LogP contribution < -0.4 is 4.43 Å². The van der Waals surface area contributed by atoms with Crippen LogP contribution in [0.4, 0.5) is 0 Å². The van der Waals surface area contributed by atoms with E-state index in [0.717, 1.165) is 5.75 Å². The SMILES string of the molecule is CC(C)(C)[Si](C)(C)Oc1ccc2ccccc2c1-c1c(I)ccc2ccccc12. The van der Waals surface area contributed by atoms with Crippen molar-refractivity contribution in [3.05, 3.63) is 76.4 Å². The lowest BCUT2D eigenvalue weighted by atomic mass is 9.93. The maximum Gasteiger partial charge on any atom is 0.250 e. The third kappa shape index (κ3) is 3.71. The Morgan fingerprint density at radius 2 is 1.21 bits per heavy atom. The van der Waals surface area contributed by atoms with Crippen LogP contribution in [-0.2, 0) is 0 Å². The molecule has 4 rings (SSSR count). The summed E-state index contributed by atoms with van der Waals surface area (Å²) in [4.78, 5) is 0. The van der Waals surface area contributed by atoms with Crippen LogP contribution in [-0.4, -0.2) is 8.32 Å². The number of hydrogen-bond donors (Lipinski definition) is 0. The Bertz CT molecular complexity index is 1200. The van der Waals surface area contributed by atoms with Crippen LogP contribution in [0.25, 0.3) is 32.7 Å². The van der Waals surface area contributed by atoms with Gasteiger partial charge in [-0.3, -0.25) is 0 Å². The Morgan fingerprint density at radius 3 is 1.79 bits per heavy atom. The highest BCUT2D eigenvalue weighted by Crippen LogP contribution is 2.46. The van der Waals surface area contributed by atoms with Gasteiger partial charge in [0.05, 0.1) is 0 Å². The van der Waals surface area contributed by atoms with Crippen LogP contribution in [0.1, 0.15) is 20.8 Å². The quantitative estimate of drug-likeness (QED) is 0.198. The summed E-state index contributed by atoms with van der Waals surface area (Å²) >= 11 is 2.47. The first kappa shape index (κ1) is 20.4. The molecule has 0 saturated heterocycles. The molecule has 29 heavy (non-hydrogen) atoms. The molecule has 3 heteroatoms. The van der Waals surface area contributed by atoms with Gasteiger partial charge < -0.3 is 4.43 Å². The highest BCUT2D eigenvalue weighted by Gasteiger charge is 2.39. The van der Waals surface area contributed by atoms with Gasteiger partial charge in [-0.2, -0.15) is 0 Å². The third-order valence-corrected chi connectivity index (χ3v) is 11.4. The molecule has 0 amide bonds. The van der Waals surface area contributed by atoms with Crippen LogP contribution in [0.3, 0.4) is 0 Å². The van der Waals surface area contributed by atoms with Crippen LogP contribution in [0.2, 0.25) is 18.1 Å². The summed E-state index contributed by atoms with van der Waals surface area (Å²) in [6.07, 6.45) is 0. The van der Waals surface area contributed by atoms with Gasteiger partial charge in [0, 0.05) is 14.7 Å². The van der Waals surface area contributed by atoms with Gasteiger partial charge in [0.1, 0.15) is 5.75 Å². The second kappa shape index (κ2) is 7.44. The fraction of sp³-hybridized carbons (Fsp3) is 0.231. The number of benzene rings is 4. The summed E-state index contributed by atoms with van der Waals surface area (Å²) < 4.78 is 8.15. The van der Waals surface area contributed by atoms with Crippen molar-refractivity contribution in [1.29, 1.82) is 0 Å². The maximum absolute atomic E-state index is 6.90. The molecule has 4 aromatic carbocycles. The Labute approximate surface area is 188 Å². The predicted octanol–water partition coefficient (Wildman–Crippen LogP) is 8.65. The van der Waals surface area contributed by atoms with Crippen LogP contribution in [0.15, 0.2) is 72.8 Å². The molecule has 0 unspecified atom stereocenters. The van der Waals surface area contributed by atoms with E-state index in [1.54, 1.807) is 0 Å². The van der Waals surface area contributed by atoms with Gasteiger partial charge in [0.2, 0.25) is 0 Å². The van der Waals surface area contributed by atoms with Gasteiger partial charge in [-0.05, 0) is 74.4 Å². The molecule has 0 fully saturated rings. The third-order valence-electron chi connectivity index (χ3n) is 6.19. The number of rotatable bonds is 3. The van der Waals surface area contributed by atoms with Crippen molar-refractivity contribution in [2.75, 3.05) is 0 Å². The van der Waals surface area contributed by atoms with Crippen molar-refractivity contribution in [1.82, 2.24) is 0 Å². The second-order valence-electron chi connectivity index (χ2n) is 9.17. The lowest BCUT2D eigenvalue weighted by Gasteiger charge is -2.37. The van der Waals surface area contributed by atoms with E-state index in [-0.39, 0.29) is 5.04 Å². The van der Waals surface area contributed by atoms with E-state index >= 15 is 0 Å². The van der Waals surface area contributed by atoms with E-state index in [1.807, 2.05) is 0 Å². The molecule has 0 spiro atoms. The molecule has 4 aromatic rings. The Hall–Kier alpha value is -1.85. The summed E-state index contributed by atoms with van der Waals surface area (Å²) in [6, 6.07) is 26.1. The van der Waals surface area contributed by atoms with Gasteiger partial charge in [-0.25, -0.2) is 0 Å². The van der Waals surface area contributed by atoms with Gasteiger partial charge in [-0.15, -0.1) is 0 Å². The largest absolute Gasteiger partial charge is 0.543 e. The van der Waals surface area contributed by atoms with Crippen molar-refractivity contribution < 1.29 is 4.43 Å². The average molecular weight is 510 g/mol. The summed E-state index contributed by atoms with van der Waals surface area (Å²) in [7, 11) is -1.98. The van der Waals surface area contributed by atoms with Crippen LogP contribution in [0, 0.1) is 3.57 Å². The summed E-state index contributed by atoms with van der Waals surface area (Å²) in [6.45, 7) is 11.5. The van der Waals surface area contributed by atoms with Gasteiger partial charge in [0.15, 0.2) is 0 Å². The van der Waals surface area contributed by atoms with Crippen LogP contribution >= 0.6 is 22.6 Å². The number of fused-ring (bicyclic) bond motifs is 2. The van der Waals surface area contributed by atoms with E-state index in [4.69, 9.17) is 4.43 Å². The first-order valence-corrected chi connectivity index (χ1v) is 14.1. The summed E-state index contributed by atoms with van der Waals surface area (Å²) in [5.41, 5.74) is 2.49. The molecular formula is C26H27IOSi. The number of halogens is 1. The van der Waals surface area contributed by atoms with Gasteiger partial charge in [-0.1, -0.05) is 81.4 Å². The normalized spacial score (nSPS) is 12.5. The zero-order chi connectivity index (χ0) is 20.8. The molecule has 0 aliphatic carbocycles. The molecule has 0 bridgehead atoms. The maximum atomic E-state index is 6.90. The molecule has 0 aliphatic rings. The van der Waals surface area contributed by atoms with Gasteiger partial charge >= 0.3 is 0 Å². The fourth-order valence-corrected chi connectivity index (χ4v) is 5.29. The van der Waals surface area contributed by atoms with E-state index in [9.17, 15) is 0 Å². The highest BCUT2D eigenvalue weighted by atomic mass is 127. The summed E-state index contributed by atoms with van der Waals surface area (Å²) in [5.74, 6) is 1.00. The highest BCUT2D eigenvalue weighted by molar-refractivity contribution is 14.1. The molecule has 0 N–H and O–H groups in total. The smallest absolute Gasteiger partial charge is 0.250 e. The molecule has 0 saturated carbocycles. The van der Waals surface area contributed by atoms with Crippen molar-refractivity contribution in [3.8, 4) is 16.9 Å². The number of hydrogen-bond acceptors (Lipinski definition) is 1. The minimum absolute atomic E-state index is 0.141. The lowest BCUT2D eigenvalue weighted by Crippen LogP contribution is -2.44. The van der Waals surface area contributed by atoms with Crippen molar-refractivity contribution >= 4 is 52.5 Å². The predicted molar refractivity (Wildman–Crippen MR) is 137 cm³/mol. The first-order chi connectivity index (χ1) is 13.7. The molecule has 148 valence electrons. The molecule has 0 radical (unpaired) electrons. The van der Waals surface area contributed by atoms with Crippen molar-refractivity contribution in [2.24, 2.45) is 0 Å². The molecule has 0 atom stereocenters. The van der Waals surface area contributed by atoms with Crippen LogP contribution in [0.5, 0.6) is 5.75 Å². The Kier molecular flexibility index (Phi) is 5.24. The van der Waals surface area contributed by atoms with Crippen molar-refractivity contribution in [3.63, 3.8) is 0 Å². The second-order valence-corrected chi connectivity index (χ2v) is 15.1. The Balaban J connectivity index is 2.08. The zero-order valence-electron chi connectivity index (χ0n) is 17.7. The molecule has 0 heterocycles. The summed E-state index contributed by atoms with van der Waals surface area (Å²) in [5, 5.41) is 5.17. The standard InChI is InChI=1S/C26H27IOSi/c1-26(2,3)29(4,5)28-23-17-15-19-11-7-9-13-21(19)25(23)24-20-12-8-6-10-18(20)14-16-22(24)27/h6-17H,1-5H3. The van der Waals surface area contributed by atoms with E-state index in [0.29, 0.717) is 0 Å². The lowest BCUT2D eigenvalue weighted by molar-refractivity contribution is 0.494. The minimum atomic E-state index is -1.98. The van der Waals surface area contributed by atoms with E-state index < -0.39 is 8.32 Å². The molecule has 1 nitrogen and oxygen atoms in total.